The summed E-state index contributed by atoms with van der Waals surface area (Å²) < 4.78 is 39.8. The Kier molecular flexibility index (Phi) is 3.06. The molecule has 0 heterocycles. The third-order valence-electron chi connectivity index (χ3n) is 3.09. The fourth-order valence-corrected chi connectivity index (χ4v) is 2.10. The van der Waals surface area contributed by atoms with E-state index in [-0.39, 0.29) is 5.69 Å². The Labute approximate surface area is 113 Å². The summed E-state index contributed by atoms with van der Waals surface area (Å²) in [6, 6.07) is 15.1. The highest BCUT2D eigenvalue weighted by molar-refractivity contribution is 5.95. The minimum Gasteiger partial charge on any atom is -0.353 e. The van der Waals surface area contributed by atoms with E-state index in [9.17, 15) is 13.2 Å². The van der Waals surface area contributed by atoms with E-state index >= 15 is 0 Å². The van der Waals surface area contributed by atoms with E-state index in [1.54, 1.807) is 6.07 Å². The van der Waals surface area contributed by atoms with Gasteiger partial charge in [-0.15, -0.1) is 0 Å². The van der Waals surface area contributed by atoms with Gasteiger partial charge in [-0.05, 0) is 23.6 Å². The summed E-state index contributed by atoms with van der Waals surface area (Å²) in [6.07, 6.45) is 0. The van der Waals surface area contributed by atoms with E-state index in [0.29, 0.717) is 5.69 Å². The van der Waals surface area contributed by atoms with Gasteiger partial charge in [0.2, 0.25) is 0 Å². The molecule has 3 rings (SSSR count). The molecule has 0 amide bonds. The molecule has 0 aliphatic carbocycles. The number of nitrogens with one attached hydrogen (secondary N) is 1. The van der Waals surface area contributed by atoms with Crippen molar-refractivity contribution in [1.82, 2.24) is 0 Å². The van der Waals surface area contributed by atoms with Crippen LogP contribution in [0.1, 0.15) is 0 Å². The van der Waals surface area contributed by atoms with E-state index in [4.69, 9.17) is 0 Å². The van der Waals surface area contributed by atoms with Gasteiger partial charge in [-0.25, -0.2) is 13.2 Å². The van der Waals surface area contributed by atoms with E-state index in [2.05, 4.69) is 5.32 Å². The van der Waals surface area contributed by atoms with E-state index in [1.165, 1.54) is 6.07 Å². The lowest BCUT2D eigenvalue weighted by atomic mass is 10.1. The molecule has 4 heteroatoms. The van der Waals surface area contributed by atoms with E-state index < -0.39 is 17.5 Å². The molecule has 1 nitrogen and oxygen atoms in total. The number of fused-ring (bicyclic) bond motifs is 1. The number of anilines is 2. The van der Waals surface area contributed by atoms with Crippen LogP contribution in [0.25, 0.3) is 10.8 Å². The first-order valence-corrected chi connectivity index (χ1v) is 6.05. The highest BCUT2D eigenvalue weighted by atomic mass is 19.2. The van der Waals surface area contributed by atoms with Crippen LogP contribution in [0.15, 0.2) is 54.6 Å². The molecule has 0 saturated heterocycles. The topological polar surface area (TPSA) is 12.0 Å². The highest BCUT2D eigenvalue weighted by Crippen LogP contribution is 2.28. The normalized spacial score (nSPS) is 10.8. The van der Waals surface area contributed by atoms with Crippen molar-refractivity contribution in [3.05, 3.63) is 72.0 Å². The van der Waals surface area contributed by atoms with Crippen LogP contribution in [0.2, 0.25) is 0 Å². The Balaban J connectivity index is 2.08. The molecule has 0 unspecified atom stereocenters. The molecular weight excluding hydrogens is 263 g/mol. The van der Waals surface area contributed by atoms with Crippen LogP contribution in [-0.4, -0.2) is 0 Å². The molecule has 3 aromatic carbocycles. The third-order valence-corrected chi connectivity index (χ3v) is 3.09. The Morgan fingerprint density at radius 2 is 1.40 bits per heavy atom. The lowest BCUT2D eigenvalue weighted by Crippen LogP contribution is -1.99. The maximum atomic E-state index is 13.7. The monoisotopic (exact) mass is 273 g/mol. The van der Waals surface area contributed by atoms with E-state index in [0.717, 1.165) is 16.8 Å². The van der Waals surface area contributed by atoms with Gasteiger partial charge in [-0.2, -0.15) is 0 Å². The number of rotatable bonds is 2. The standard InChI is InChI=1S/C16H10F3N/c17-12-8-9-14(16(19)15(12)18)20-13-7-3-5-10-4-1-2-6-11(10)13/h1-9,20H. The fourth-order valence-electron chi connectivity index (χ4n) is 2.10. The number of hydrogen-bond donors (Lipinski definition) is 1. The summed E-state index contributed by atoms with van der Waals surface area (Å²) in [5, 5.41) is 4.65. The zero-order valence-electron chi connectivity index (χ0n) is 10.3. The van der Waals surface area contributed by atoms with Crippen molar-refractivity contribution in [2.45, 2.75) is 0 Å². The first kappa shape index (κ1) is 12.5. The van der Waals surface area contributed by atoms with Crippen molar-refractivity contribution in [2.24, 2.45) is 0 Å². The molecule has 0 atom stereocenters. The van der Waals surface area contributed by atoms with Gasteiger partial charge in [0, 0.05) is 11.1 Å². The van der Waals surface area contributed by atoms with Gasteiger partial charge in [-0.1, -0.05) is 36.4 Å². The number of hydrogen-bond acceptors (Lipinski definition) is 1. The first-order valence-electron chi connectivity index (χ1n) is 6.05. The summed E-state index contributed by atoms with van der Waals surface area (Å²) in [6.45, 7) is 0. The molecule has 0 radical (unpaired) electrons. The van der Waals surface area contributed by atoms with Crippen LogP contribution in [0.3, 0.4) is 0 Å². The van der Waals surface area contributed by atoms with Gasteiger partial charge in [0.15, 0.2) is 17.5 Å². The maximum Gasteiger partial charge on any atom is 0.196 e. The fraction of sp³-hybridized carbons (Fsp3) is 0. The molecule has 0 bridgehead atoms. The Bertz CT molecular complexity index is 779. The minimum absolute atomic E-state index is 0.0970. The van der Waals surface area contributed by atoms with Crippen LogP contribution in [0.5, 0.6) is 0 Å². The van der Waals surface area contributed by atoms with Crippen molar-refractivity contribution >= 4 is 22.1 Å². The second kappa shape index (κ2) is 4.89. The third kappa shape index (κ3) is 2.09. The summed E-state index contributed by atoms with van der Waals surface area (Å²) in [5.41, 5.74) is 0.535. The second-order valence-electron chi connectivity index (χ2n) is 4.37. The van der Waals surface area contributed by atoms with Crippen molar-refractivity contribution in [3.8, 4) is 0 Å². The summed E-state index contributed by atoms with van der Waals surface area (Å²) in [7, 11) is 0. The zero-order chi connectivity index (χ0) is 14.1. The smallest absolute Gasteiger partial charge is 0.196 e. The van der Waals surface area contributed by atoms with Gasteiger partial charge in [0.1, 0.15) is 0 Å². The van der Waals surface area contributed by atoms with Crippen LogP contribution in [-0.2, 0) is 0 Å². The van der Waals surface area contributed by atoms with Crippen molar-refractivity contribution < 1.29 is 13.2 Å². The van der Waals surface area contributed by atoms with Crippen molar-refractivity contribution in [2.75, 3.05) is 5.32 Å². The molecule has 0 fully saturated rings. The molecule has 20 heavy (non-hydrogen) atoms. The van der Waals surface area contributed by atoms with Gasteiger partial charge in [-0.3, -0.25) is 0 Å². The Morgan fingerprint density at radius 3 is 2.25 bits per heavy atom. The highest BCUT2D eigenvalue weighted by Gasteiger charge is 2.13. The molecule has 100 valence electrons. The SMILES string of the molecule is Fc1ccc(Nc2cccc3ccccc23)c(F)c1F. The van der Waals surface area contributed by atoms with E-state index in [1.807, 2.05) is 36.4 Å². The predicted molar refractivity (Wildman–Crippen MR) is 73.5 cm³/mol. The quantitative estimate of drug-likeness (QED) is 0.648. The average molecular weight is 273 g/mol. The molecule has 0 aliphatic rings. The second-order valence-corrected chi connectivity index (χ2v) is 4.37. The molecular formula is C16H10F3N. The lowest BCUT2D eigenvalue weighted by molar-refractivity contribution is 0.449. The maximum absolute atomic E-state index is 13.7. The first-order chi connectivity index (χ1) is 9.66. The summed E-state index contributed by atoms with van der Waals surface area (Å²) in [4.78, 5) is 0. The lowest BCUT2D eigenvalue weighted by Gasteiger charge is -2.11. The number of halogens is 3. The predicted octanol–water partition coefficient (Wildman–Crippen LogP) is 5.00. The zero-order valence-corrected chi connectivity index (χ0v) is 10.3. The number of benzene rings is 3. The molecule has 0 saturated carbocycles. The van der Waals surface area contributed by atoms with Crippen LogP contribution in [0, 0.1) is 17.5 Å². The minimum atomic E-state index is -1.48. The van der Waals surface area contributed by atoms with Gasteiger partial charge < -0.3 is 5.32 Å². The van der Waals surface area contributed by atoms with Gasteiger partial charge in [0.25, 0.3) is 0 Å². The molecule has 1 N–H and O–H groups in total. The Morgan fingerprint density at radius 1 is 0.650 bits per heavy atom. The Hall–Kier alpha value is -2.49. The summed E-state index contributed by atoms with van der Waals surface area (Å²) in [5.74, 6) is -3.90. The van der Waals surface area contributed by atoms with Gasteiger partial charge >= 0.3 is 0 Å². The van der Waals surface area contributed by atoms with Crippen LogP contribution < -0.4 is 5.32 Å². The summed E-state index contributed by atoms with van der Waals surface area (Å²) >= 11 is 0. The average Bonchev–Trinajstić information content (AvgIpc) is 2.48. The van der Waals surface area contributed by atoms with Gasteiger partial charge in [0.05, 0.1) is 5.69 Å². The van der Waals surface area contributed by atoms with Crippen LogP contribution in [0.4, 0.5) is 24.5 Å². The van der Waals surface area contributed by atoms with Crippen molar-refractivity contribution in [1.29, 1.82) is 0 Å². The van der Waals surface area contributed by atoms with Crippen LogP contribution >= 0.6 is 0 Å². The molecule has 0 aliphatic heterocycles. The van der Waals surface area contributed by atoms with Crippen molar-refractivity contribution in [3.63, 3.8) is 0 Å². The molecule has 3 aromatic rings. The molecule has 0 aromatic heterocycles. The largest absolute Gasteiger partial charge is 0.353 e. The molecule has 0 spiro atoms.